The van der Waals surface area contributed by atoms with Crippen LogP contribution in [0.2, 0.25) is 0 Å². The van der Waals surface area contributed by atoms with Gasteiger partial charge in [-0.3, -0.25) is 0 Å². The molecule has 62 valence electrons. The van der Waals surface area contributed by atoms with Gasteiger partial charge < -0.3 is 9.47 Å². The van der Waals surface area contributed by atoms with Crippen molar-refractivity contribution in [3.05, 3.63) is 0 Å². The molecule has 0 saturated carbocycles. The second-order valence-corrected chi connectivity index (χ2v) is 1.58. The number of carbonyl (C=O) groups is 2. The Morgan fingerprint density at radius 3 is 1.82 bits per heavy atom. The fraction of sp³-hybridized carbons (Fsp3) is 0.600. The van der Waals surface area contributed by atoms with E-state index in [9.17, 15) is 9.59 Å². The summed E-state index contributed by atoms with van der Waals surface area (Å²) in [5, 5.41) is 2.73. The van der Waals surface area contributed by atoms with Crippen LogP contribution in [-0.2, 0) is 19.1 Å². The molecule has 0 aromatic carbocycles. The SMILES string of the molecule is COC(=O)C(N=N)C(=O)OC. The van der Waals surface area contributed by atoms with Crippen molar-refractivity contribution in [1.82, 2.24) is 0 Å². The molecule has 0 aromatic heterocycles. The van der Waals surface area contributed by atoms with Gasteiger partial charge in [0.1, 0.15) is 0 Å². The molecule has 0 aliphatic rings. The minimum atomic E-state index is -1.48. The van der Waals surface area contributed by atoms with E-state index in [1.807, 2.05) is 0 Å². The number of nitrogens with zero attached hydrogens (tertiary/aromatic N) is 1. The lowest BCUT2D eigenvalue weighted by Crippen LogP contribution is -2.29. The molecule has 0 amide bonds. The van der Waals surface area contributed by atoms with Gasteiger partial charge in [0, 0.05) is 0 Å². The van der Waals surface area contributed by atoms with Crippen LogP contribution in [-0.4, -0.2) is 32.2 Å². The van der Waals surface area contributed by atoms with Crippen molar-refractivity contribution in [2.24, 2.45) is 5.11 Å². The Hall–Kier alpha value is -1.46. The van der Waals surface area contributed by atoms with E-state index in [4.69, 9.17) is 5.53 Å². The van der Waals surface area contributed by atoms with Crippen molar-refractivity contribution >= 4 is 11.9 Å². The zero-order valence-electron chi connectivity index (χ0n) is 6.16. The summed E-state index contributed by atoms with van der Waals surface area (Å²) >= 11 is 0. The highest BCUT2D eigenvalue weighted by Crippen LogP contribution is 1.95. The van der Waals surface area contributed by atoms with Gasteiger partial charge in [-0.05, 0) is 0 Å². The second-order valence-electron chi connectivity index (χ2n) is 1.58. The maximum Gasteiger partial charge on any atom is 0.344 e. The molecular formula is C5H8N2O4. The molecular weight excluding hydrogens is 152 g/mol. The summed E-state index contributed by atoms with van der Waals surface area (Å²) in [6, 6.07) is -1.48. The Kier molecular flexibility index (Phi) is 3.79. The molecule has 0 aliphatic carbocycles. The van der Waals surface area contributed by atoms with Crippen LogP contribution in [0.3, 0.4) is 0 Å². The van der Waals surface area contributed by atoms with Gasteiger partial charge in [-0.25, -0.2) is 15.1 Å². The van der Waals surface area contributed by atoms with Crippen LogP contribution < -0.4 is 0 Å². The molecule has 0 atom stereocenters. The van der Waals surface area contributed by atoms with Gasteiger partial charge in [0.2, 0.25) is 0 Å². The third kappa shape index (κ3) is 2.32. The summed E-state index contributed by atoms with van der Waals surface area (Å²) in [6.45, 7) is 0. The second kappa shape index (κ2) is 4.37. The van der Waals surface area contributed by atoms with E-state index in [1.165, 1.54) is 0 Å². The smallest absolute Gasteiger partial charge is 0.344 e. The van der Waals surface area contributed by atoms with Gasteiger partial charge in [-0.2, -0.15) is 5.11 Å². The first-order valence-corrected chi connectivity index (χ1v) is 2.69. The Bertz CT molecular complexity index is 163. The van der Waals surface area contributed by atoms with Crippen LogP contribution in [0.5, 0.6) is 0 Å². The number of hydrogen-bond donors (Lipinski definition) is 1. The van der Waals surface area contributed by atoms with Crippen molar-refractivity contribution in [2.75, 3.05) is 14.2 Å². The van der Waals surface area contributed by atoms with Crippen molar-refractivity contribution in [3.8, 4) is 0 Å². The van der Waals surface area contributed by atoms with Gasteiger partial charge in [0.15, 0.2) is 0 Å². The third-order valence-corrected chi connectivity index (χ3v) is 0.978. The lowest BCUT2D eigenvalue weighted by atomic mass is 10.3. The van der Waals surface area contributed by atoms with Crippen molar-refractivity contribution in [1.29, 1.82) is 5.53 Å². The molecule has 0 aromatic rings. The van der Waals surface area contributed by atoms with E-state index in [-0.39, 0.29) is 0 Å². The maximum atomic E-state index is 10.6. The summed E-state index contributed by atoms with van der Waals surface area (Å²) in [5.74, 6) is -1.79. The first kappa shape index (κ1) is 9.54. The van der Waals surface area contributed by atoms with Gasteiger partial charge in [-0.15, -0.1) is 0 Å². The van der Waals surface area contributed by atoms with E-state index in [0.29, 0.717) is 0 Å². The number of nitrogens with one attached hydrogen (secondary N) is 1. The Morgan fingerprint density at radius 2 is 1.64 bits per heavy atom. The van der Waals surface area contributed by atoms with Crippen LogP contribution in [0.4, 0.5) is 0 Å². The maximum absolute atomic E-state index is 10.6. The van der Waals surface area contributed by atoms with Crippen LogP contribution >= 0.6 is 0 Å². The average Bonchev–Trinajstić information content (AvgIpc) is 2.05. The van der Waals surface area contributed by atoms with Gasteiger partial charge >= 0.3 is 11.9 Å². The molecule has 0 unspecified atom stereocenters. The Balaban J connectivity index is 4.27. The summed E-state index contributed by atoms with van der Waals surface area (Å²) in [5.41, 5.74) is 6.45. The van der Waals surface area contributed by atoms with E-state index in [0.717, 1.165) is 14.2 Å². The molecule has 11 heavy (non-hydrogen) atoms. The van der Waals surface area contributed by atoms with E-state index >= 15 is 0 Å². The Labute approximate surface area is 63.0 Å². The summed E-state index contributed by atoms with van der Waals surface area (Å²) < 4.78 is 8.35. The first-order valence-electron chi connectivity index (χ1n) is 2.69. The van der Waals surface area contributed by atoms with Gasteiger partial charge in [-0.1, -0.05) is 0 Å². The fourth-order valence-electron chi connectivity index (χ4n) is 0.425. The van der Waals surface area contributed by atoms with Gasteiger partial charge in [0.25, 0.3) is 6.04 Å². The number of hydrogen-bond acceptors (Lipinski definition) is 6. The summed E-state index contributed by atoms with van der Waals surface area (Å²) in [4.78, 5) is 21.2. The highest BCUT2D eigenvalue weighted by molar-refractivity contribution is 5.99. The monoisotopic (exact) mass is 160 g/mol. The van der Waals surface area contributed by atoms with Crippen LogP contribution in [0.15, 0.2) is 5.11 Å². The molecule has 6 heteroatoms. The minimum absolute atomic E-state index is 0.896. The molecule has 0 rings (SSSR count). The molecule has 0 bridgehead atoms. The first-order chi connectivity index (χ1) is 5.17. The third-order valence-electron chi connectivity index (χ3n) is 0.978. The van der Waals surface area contributed by atoms with Crippen LogP contribution in [0.25, 0.3) is 0 Å². The van der Waals surface area contributed by atoms with E-state index in [2.05, 4.69) is 14.6 Å². The van der Waals surface area contributed by atoms with Crippen molar-refractivity contribution in [3.63, 3.8) is 0 Å². The largest absolute Gasteiger partial charge is 0.467 e. The van der Waals surface area contributed by atoms with Crippen LogP contribution in [0.1, 0.15) is 0 Å². The average molecular weight is 160 g/mol. The molecule has 0 fully saturated rings. The Morgan fingerprint density at radius 1 is 1.27 bits per heavy atom. The quantitative estimate of drug-likeness (QED) is 0.349. The van der Waals surface area contributed by atoms with Gasteiger partial charge in [0.05, 0.1) is 14.2 Å². The predicted octanol–water partition coefficient (Wildman–Crippen LogP) is -0.268. The number of methoxy groups -OCH3 is 2. The van der Waals surface area contributed by atoms with E-state index in [1.54, 1.807) is 0 Å². The fourth-order valence-corrected chi connectivity index (χ4v) is 0.425. The van der Waals surface area contributed by atoms with Crippen LogP contribution in [0, 0.1) is 5.53 Å². The number of esters is 2. The molecule has 1 N–H and O–H groups in total. The molecule has 0 radical (unpaired) electrons. The number of carbonyl (C=O) groups excluding carboxylic acids is 2. The van der Waals surface area contributed by atoms with E-state index < -0.39 is 18.0 Å². The lowest BCUT2D eigenvalue weighted by Gasteiger charge is -2.04. The predicted molar refractivity (Wildman–Crippen MR) is 33.0 cm³/mol. The zero-order valence-corrected chi connectivity index (χ0v) is 6.16. The molecule has 0 spiro atoms. The number of rotatable bonds is 3. The highest BCUT2D eigenvalue weighted by Gasteiger charge is 2.27. The van der Waals surface area contributed by atoms with Crippen molar-refractivity contribution < 1.29 is 19.1 Å². The number of ether oxygens (including phenoxy) is 2. The molecule has 0 aliphatic heterocycles. The van der Waals surface area contributed by atoms with Crippen molar-refractivity contribution in [2.45, 2.75) is 6.04 Å². The highest BCUT2D eigenvalue weighted by atomic mass is 16.5. The topological polar surface area (TPSA) is 88.8 Å². The normalized spacial score (nSPS) is 9.00. The molecule has 6 nitrogen and oxygen atoms in total. The lowest BCUT2D eigenvalue weighted by molar-refractivity contribution is -0.153. The molecule has 0 saturated heterocycles. The zero-order chi connectivity index (χ0) is 8.85. The molecule has 0 heterocycles. The minimum Gasteiger partial charge on any atom is -0.467 e. The summed E-state index contributed by atoms with van der Waals surface area (Å²) in [7, 11) is 2.20. The summed E-state index contributed by atoms with van der Waals surface area (Å²) in [6.07, 6.45) is 0. The standard InChI is InChI=1S/C5H8N2O4/c1-10-4(8)3(7-6)5(9)11-2/h3,6H,1-2H3.